The molecule has 1 aromatic rings. The van der Waals surface area contributed by atoms with Crippen LogP contribution in [0.3, 0.4) is 0 Å². The molecule has 1 fully saturated rings. The molecule has 0 radical (unpaired) electrons. The summed E-state index contributed by atoms with van der Waals surface area (Å²) >= 11 is 0. The first-order valence-electron chi connectivity index (χ1n) is 7.63. The van der Waals surface area contributed by atoms with Crippen LogP contribution in [-0.2, 0) is 11.3 Å². The summed E-state index contributed by atoms with van der Waals surface area (Å²) in [7, 11) is 1.89. The van der Waals surface area contributed by atoms with Crippen LogP contribution in [-0.4, -0.2) is 29.4 Å². The van der Waals surface area contributed by atoms with Gasteiger partial charge in [-0.25, -0.2) is 0 Å². The number of carbonyl (C=O) groups is 1. The number of hydrogen-bond acceptors (Lipinski definition) is 3. The molecule has 4 heteroatoms. The van der Waals surface area contributed by atoms with Crippen LogP contribution in [0.1, 0.15) is 44.7 Å². The standard InChI is InChI=1S/C16H25N3O/c1-3-4-13-5-6-16(20)19(10-8-13)12-15-11-14(17-2)7-9-18-15/h7,9,11,13H,3-6,8,10,12H2,1-2H3,(H,17,18). The normalized spacial score (nSPS) is 19.8. The van der Waals surface area contributed by atoms with Crippen LogP contribution < -0.4 is 5.32 Å². The van der Waals surface area contributed by atoms with Crippen LogP contribution >= 0.6 is 0 Å². The Kier molecular flexibility index (Phi) is 5.39. The molecule has 0 spiro atoms. The third kappa shape index (κ3) is 3.95. The average molecular weight is 275 g/mol. The number of nitrogens with one attached hydrogen (secondary N) is 1. The molecule has 2 rings (SSSR count). The van der Waals surface area contributed by atoms with E-state index in [0.29, 0.717) is 18.9 Å². The first-order valence-corrected chi connectivity index (χ1v) is 7.63. The fourth-order valence-electron chi connectivity index (χ4n) is 2.87. The van der Waals surface area contributed by atoms with Gasteiger partial charge in [0.15, 0.2) is 0 Å². The number of hydrogen-bond donors (Lipinski definition) is 1. The lowest BCUT2D eigenvalue weighted by Gasteiger charge is -2.20. The largest absolute Gasteiger partial charge is 0.388 e. The zero-order valence-corrected chi connectivity index (χ0v) is 12.6. The highest BCUT2D eigenvalue weighted by molar-refractivity contribution is 5.76. The lowest BCUT2D eigenvalue weighted by molar-refractivity contribution is -0.131. The predicted octanol–water partition coefficient (Wildman–Crippen LogP) is 3.05. The van der Waals surface area contributed by atoms with Crippen molar-refractivity contribution in [3.05, 3.63) is 24.0 Å². The average Bonchev–Trinajstić information content (AvgIpc) is 2.64. The highest BCUT2D eigenvalue weighted by Gasteiger charge is 2.22. The van der Waals surface area contributed by atoms with Gasteiger partial charge in [-0.2, -0.15) is 0 Å². The first kappa shape index (κ1) is 14.8. The highest BCUT2D eigenvalue weighted by Crippen LogP contribution is 2.23. The fourth-order valence-corrected chi connectivity index (χ4v) is 2.87. The van der Waals surface area contributed by atoms with E-state index < -0.39 is 0 Å². The number of aromatic nitrogens is 1. The smallest absolute Gasteiger partial charge is 0.222 e. The number of nitrogens with zero attached hydrogens (tertiary/aromatic N) is 2. The second-order valence-corrected chi connectivity index (χ2v) is 5.58. The van der Waals surface area contributed by atoms with Gasteiger partial charge >= 0.3 is 0 Å². The van der Waals surface area contributed by atoms with E-state index in [2.05, 4.69) is 17.2 Å². The van der Waals surface area contributed by atoms with Crippen molar-refractivity contribution < 1.29 is 4.79 Å². The van der Waals surface area contributed by atoms with E-state index in [9.17, 15) is 4.79 Å². The molecule has 0 saturated carbocycles. The Bertz CT molecular complexity index is 447. The Balaban J connectivity index is 1.98. The summed E-state index contributed by atoms with van der Waals surface area (Å²) in [6, 6.07) is 3.95. The number of likely N-dealkylation sites (tertiary alicyclic amines) is 1. The van der Waals surface area contributed by atoms with Crippen molar-refractivity contribution in [1.29, 1.82) is 0 Å². The molecule has 1 aliphatic rings. The molecule has 1 saturated heterocycles. The summed E-state index contributed by atoms with van der Waals surface area (Å²) < 4.78 is 0. The molecule has 1 aliphatic heterocycles. The van der Waals surface area contributed by atoms with Crippen LogP contribution in [0.2, 0.25) is 0 Å². The van der Waals surface area contributed by atoms with Crippen molar-refractivity contribution in [3.8, 4) is 0 Å². The van der Waals surface area contributed by atoms with Gasteiger partial charge in [0.25, 0.3) is 0 Å². The summed E-state index contributed by atoms with van der Waals surface area (Å²) in [5.41, 5.74) is 2.00. The van der Waals surface area contributed by atoms with Gasteiger partial charge in [0.05, 0.1) is 12.2 Å². The molecule has 2 heterocycles. The number of rotatable bonds is 5. The van der Waals surface area contributed by atoms with Crippen LogP contribution in [0, 0.1) is 5.92 Å². The van der Waals surface area contributed by atoms with Crippen molar-refractivity contribution in [3.63, 3.8) is 0 Å². The molecule has 1 aromatic heterocycles. The number of carbonyl (C=O) groups excluding carboxylic acids is 1. The topological polar surface area (TPSA) is 45.2 Å². The van der Waals surface area contributed by atoms with Crippen LogP contribution in [0.5, 0.6) is 0 Å². The van der Waals surface area contributed by atoms with Crippen molar-refractivity contribution in [2.75, 3.05) is 18.9 Å². The number of pyridine rings is 1. The Morgan fingerprint density at radius 1 is 1.45 bits per heavy atom. The van der Waals surface area contributed by atoms with E-state index in [1.165, 1.54) is 12.8 Å². The lowest BCUT2D eigenvalue weighted by Crippen LogP contribution is -2.30. The maximum Gasteiger partial charge on any atom is 0.222 e. The minimum Gasteiger partial charge on any atom is -0.388 e. The summed E-state index contributed by atoms with van der Waals surface area (Å²) in [6.45, 7) is 3.72. The van der Waals surface area contributed by atoms with Crippen LogP contribution in [0.4, 0.5) is 5.69 Å². The summed E-state index contributed by atoms with van der Waals surface area (Å²) in [6.07, 6.45) is 7.12. The van der Waals surface area contributed by atoms with Crippen molar-refractivity contribution >= 4 is 11.6 Å². The Hall–Kier alpha value is -1.58. The molecule has 0 aromatic carbocycles. The summed E-state index contributed by atoms with van der Waals surface area (Å²) in [4.78, 5) is 18.5. The predicted molar refractivity (Wildman–Crippen MR) is 81.4 cm³/mol. The van der Waals surface area contributed by atoms with Crippen LogP contribution in [0.25, 0.3) is 0 Å². The zero-order valence-electron chi connectivity index (χ0n) is 12.6. The van der Waals surface area contributed by atoms with E-state index >= 15 is 0 Å². The summed E-state index contributed by atoms with van der Waals surface area (Å²) in [5.74, 6) is 0.991. The van der Waals surface area contributed by atoms with Gasteiger partial charge in [-0.3, -0.25) is 9.78 Å². The molecular formula is C16H25N3O. The molecule has 1 amide bonds. The molecule has 20 heavy (non-hydrogen) atoms. The van der Waals surface area contributed by atoms with E-state index in [1.807, 2.05) is 24.1 Å². The van der Waals surface area contributed by atoms with E-state index in [-0.39, 0.29) is 5.91 Å². The molecule has 1 N–H and O–H groups in total. The monoisotopic (exact) mass is 275 g/mol. The van der Waals surface area contributed by atoms with Gasteiger partial charge in [0.1, 0.15) is 0 Å². The zero-order chi connectivity index (χ0) is 14.4. The maximum absolute atomic E-state index is 12.2. The molecular weight excluding hydrogens is 250 g/mol. The van der Waals surface area contributed by atoms with E-state index in [0.717, 1.165) is 30.8 Å². The molecule has 0 aliphatic carbocycles. The van der Waals surface area contributed by atoms with Crippen LogP contribution in [0.15, 0.2) is 18.3 Å². The number of anilines is 1. The fraction of sp³-hybridized carbons (Fsp3) is 0.625. The van der Waals surface area contributed by atoms with Gasteiger partial charge in [0, 0.05) is 31.9 Å². The minimum absolute atomic E-state index is 0.278. The third-order valence-corrected chi connectivity index (χ3v) is 4.08. The van der Waals surface area contributed by atoms with Gasteiger partial charge in [-0.15, -0.1) is 0 Å². The Labute approximate surface area is 121 Å². The number of amides is 1. The second kappa shape index (κ2) is 7.27. The summed E-state index contributed by atoms with van der Waals surface area (Å²) in [5, 5.41) is 3.11. The van der Waals surface area contributed by atoms with Gasteiger partial charge in [0.2, 0.25) is 5.91 Å². The molecule has 1 unspecified atom stereocenters. The van der Waals surface area contributed by atoms with Crippen molar-refractivity contribution in [1.82, 2.24) is 9.88 Å². The molecule has 1 atom stereocenters. The first-order chi connectivity index (χ1) is 9.72. The maximum atomic E-state index is 12.2. The quantitative estimate of drug-likeness (QED) is 0.898. The lowest BCUT2D eigenvalue weighted by atomic mass is 9.96. The second-order valence-electron chi connectivity index (χ2n) is 5.58. The van der Waals surface area contributed by atoms with E-state index in [4.69, 9.17) is 0 Å². The third-order valence-electron chi connectivity index (χ3n) is 4.08. The SMILES string of the molecule is CCCC1CCC(=O)N(Cc2cc(NC)ccn2)CC1. The molecule has 110 valence electrons. The minimum atomic E-state index is 0.278. The van der Waals surface area contributed by atoms with E-state index in [1.54, 1.807) is 6.20 Å². The molecule has 4 nitrogen and oxygen atoms in total. The van der Waals surface area contributed by atoms with Crippen molar-refractivity contribution in [2.24, 2.45) is 5.92 Å². The Morgan fingerprint density at radius 3 is 3.05 bits per heavy atom. The Morgan fingerprint density at radius 2 is 2.30 bits per heavy atom. The van der Waals surface area contributed by atoms with Gasteiger partial charge in [-0.05, 0) is 30.9 Å². The van der Waals surface area contributed by atoms with Gasteiger partial charge in [-0.1, -0.05) is 19.8 Å². The van der Waals surface area contributed by atoms with Crippen molar-refractivity contribution in [2.45, 2.75) is 45.6 Å². The highest BCUT2D eigenvalue weighted by atomic mass is 16.2. The van der Waals surface area contributed by atoms with Gasteiger partial charge < -0.3 is 10.2 Å². The molecule has 0 bridgehead atoms.